The molecule has 4 heteroatoms. The number of likely N-dealkylation sites (tertiary alicyclic amines) is 1. The maximum Gasteiger partial charge on any atom is 0.261 e. The molecule has 0 aliphatic carbocycles. The van der Waals surface area contributed by atoms with Gasteiger partial charge in [-0.2, -0.15) is 0 Å². The molecule has 1 atom stereocenters. The van der Waals surface area contributed by atoms with Crippen LogP contribution in [0.4, 0.5) is 0 Å². The molecule has 1 amide bonds. The molecule has 0 radical (unpaired) electrons. The van der Waals surface area contributed by atoms with Gasteiger partial charge >= 0.3 is 0 Å². The molecule has 3 rings (SSSR count). The third-order valence-electron chi connectivity index (χ3n) is 3.82. The van der Waals surface area contributed by atoms with Gasteiger partial charge in [0.05, 0.1) is 4.88 Å². The summed E-state index contributed by atoms with van der Waals surface area (Å²) in [6, 6.07) is 10.6. The van der Waals surface area contributed by atoms with Crippen molar-refractivity contribution in [3.05, 3.63) is 35.2 Å². The van der Waals surface area contributed by atoms with Gasteiger partial charge in [0.25, 0.3) is 5.91 Å². The van der Waals surface area contributed by atoms with E-state index in [1.54, 1.807) is 11.3 Å². The third kappa shape index (κ3) is 2.65. The highest BCUT2D eigenvalue weighted by Crippen LogP contribution is 2.25. The zero-order valence-electron chi connectivity index (χ0n) is 11.1. The van der Waals surface area contributed by atoms with Crippen molar-refractivity contribution < 1.29 is 4.79 Å². The molecule has 2 aromatic rings. The van der Waals surface area contributed by atoms with Gasteiger partial charge in [0.2, 0.25) is 0 Å². The molecule has 1 fully saturated rings. The van der Waals surface area contributed by atoms with E-state index in [-0.39, 0.29) is 5.91 Å². The Bertz CT molecular complexity index is 560. The highest BCUT2D eigenvalue weighted by atomic mass is 32.1. The normalized spacial score (nSPS) is 19.9. The summed E-state index contributed by atoms with van der Waals surface area (Å²) in [5.41, 5.74) is 0. The Kier molecular flexibility index (Phi) is 3.53. The molecule has 1 aromatic heterocycles. The maximum absolute atomic E-state index is 12.2. The number of carbonyl (C=O) groups is 1. The third-order valence-corrected chi connectivity index (χ3v) is 4.93. The second-order valence-corrected chi connectivity index (χ2v) is 6.22. The molecule has 3 nitrogen and oxygen atoms in total. The van der Waals surface area contributed by atoms with Crippen molar-refractivity contribution >= 4 is 27.3 Å². The fourth-order valence-electron chi connectivity index (χ4n) is 2.63. The summed E-state index contributed by atoms with van der Waals surface area (Å²) in [6.45, 7) is 1.90. The van der Waals surface area contributed by atoms with Crippen molar-refractivity contribution in [3.63, 3.8) is 0 Å². The fourth-order valence-corrected chi connectivity index (χ4v) is 3.61. The maximum atomic E-state index is 12.2. The van der Waals surface area contributed by atoms with Crippen LogP contribution in [0.1, 0.15) is 22.5 Å². The van der Waals surface area contributed by atoms with Crippen LogP contribution in [0.3, 0.4) is 0 Å². The van der Waals surface area contributed by atoms with Crippen LogP contribution in [-0.4, -0.2) is 37.0 Å². The monoisotopic (exact) mass is 274 g/mol. The summed E-state index contributed by atoms with van der Waals surface area (Å²) in [7, 11) is 2.13. The van der Waals surface area contributed by atoms with E-state index in [4.69, 9.17) is 0 Å². The van der Waals surface area contributed by atoms with Gasteiger partial charge in [0.1, 0.15) is 0 Å². The molecular weight excluding hydrogens is 256 g/mol. The van der Waals surface area contributed by atoms with E-state index in [0.29, 0.717) is 6.04 Å². The Labute approximate surface area is 117 Å². The Morgan fingerprint density at radius 3 is 3.05 bits per heavy atom. The molecule has 2 heterocycles. The van der Waals surface area contributed by atoms with Crippen molar-refractivity contribution in [2.24, 2.45) is 0 Å². The van der Waals surface area contributed by atoms with Crippen molar-refractivity contribution in [2.75, 3.05) is 20.1 Å². The Morgan fingerprint density at radius 2 is 2.32 bits per heavy atom. The summed E-state index contributed by atoms with van der Waals surface area (Å²) in [5, 5.41) is 4.21. The Balaban J connectivity index is 1.66. The predicted octanol–water partition coefficient (Wildman–Crippen LogP) is 2.73. The van der Waals surface area contributed by atoms with E-state index in [2.05, 4.69) is 23.3 Å². The highest BCUT2D eigenvalue weighted by Gasteiger charge is 2.21. The summed E-state index contributed by atoms with van der Waals surface area (Å²) >= 11 is 1.56. The first-order valence-corrected chi connectivity index (χ1v) is 7.53. The standard InChI is InChI=1S/C15H18N2OS/c1-17-8-4-6-12(17)10-16-15(18)14-9-11-5-2-3-7-13(11)19-14/h2-3,5,7,9,12H,4,6,8,10H2,1H3,(H,16,18). The number of nitrogens with zero attached hydrogens (tertiary/aromatic N) is 1. The lowest BCUT2D eigenvalue weighted by Gasteiger charge is -2.19. The number of hydrogen-bond donors (Lipinski definition) is 1. The van der Waals surface area contributed by atoms with Gasteiger partial charge in [-0.3, -0.25) is 4.79 Å². The van der Waals surface area contributed by atoms with E-state index >= 15 is 0 Å². The first-order chi connectivity index (χ1) is 9.24. The number of thiophene rings is 1. The zero-order valence-corrected chi connectivity index (χ0v) is 11.9. The number of hydrogen-bond acceptors (Lipinski definition) is 3. The molecule has 1 aromatic carbocycles. The average Bonchev–Trinajstić information content (AvgIpc) is 3.01. The van der Waals surface area contributed by atoms with Crippen LogP contribution in [0.15, 0.2) is 30.3 Å². The van der Waals surface area contributed by atoms with Crippen molar-refractivity contribution in [1.29, 1.82) is 0 Å². The van der Waals surface area contributed by atoms with Crippen LogP contribution in [0, 0.1) is 0 Å². The fraction of sp³-hybridized carbons (Fsp3) is 0.400. The number of carbonyl (C=O) groups excluding carboxylic acids is 1. The number of nitrogens with one attached hydrogen (secondary N) is 1. The smallest absolute Gasteiger partial charge is 0.261 e. The van der Waals surface area contributed by atoms with Gasteiger partial charge in [-0.15, -0.1) is 11.3 Å². The average molecular weight is 274 g/mol. The van der Waals surface area contributed by atoms with Crippen LogP contribution in [-0.2, 0) is 0 Å². The first kappa shape index (κ1) is 12.6. The van der Waals surface area contributed by atoms with Crippen LogP contribution >= 0.6 is 11.3 Å². The number of benzene rings is 1. The minimum atomic E-state index is 0.0569. The molecule has 1 unspecified atom stereocenters. The first-order valence-electron chi connectivity index (χ1n) is 6.71. The van der Waals surface area contributed by atoms with Gasteiger partial charge in [0.15, 0.2) is 0 Å². The molecule has 100 valence electrons. The summed E-state index contributed by atoms with van der Waals surface area (Å²) in [6.07, 6.45) is 2.42. The lowest BCUT2D eigenvalue weighted by molar-refractivity contribution is 0.0948. The number of amides is 1. The minimum Gasteiger partial charge on any atom is -0.350 e. The molecule has 0 saturated carbocycles. The van der Waals surface area contributed by atoms with Crippen LogP contribution in [0.5, 0.6) is 0 Å². The van der Waals surface area contributed by atoms with Gasteiger partial charge in [-0.1, -0.05) is 18.2 Å². The minimum absolute atomic E-state index is 0.0569. The lowest BCUT2D eigenvalue weighted by Crippen LogP contribution is -2.37. The highest BCUT2D eigenvalue weighted by molar-refractivity contribution is 7.20. The van der Waals surface area contributed by atoms with Crippen molar-refractivity contribution in [1.82, 2.24) is 10.2 Å². The molecule has 0 bridgehead atoms. The quantitative estimate of drug-likeness (QED) is 0.933. The number of fused-ring (bicyclic) bond motifs is 1. The predicted molar refractivity (Wildman–Crippen MR) is 79.8 cm³/mol. The van der Waals surface area contributed by atoms with Crippen LogP contribution in [0.2, 0.25) is 0 Å². The molecule has 1 N–H and O–H groups in total. The molecule has 1 aliphatic rings. The zero-order chi connectivity index (χ0) is 13.2. The number of likely N-dealkylation sites (N-methyl/N-ethyl adjacent to an activating group) is 1. The van der Waals surface area contributed by atoms with E-state index in [1.807, 2.05) is 24.3 Å². The van der Waals surface area contributed by atoms with E-state index in [9.17, 15) is 4.79 Å². The van der Waals surface area contributed by atoms with Gasteiger partial charge in [0, 0.05) is 17.3 Å². The molecular formula is C15H18N2OS. The van der Waals surface area contributed by atoms with Gasteiger partial charge in [-0.05, 0) is 44.0 Å². The lowest BCUT2D eigenvalue weighted by atomic mass is 10.2. The molecule has 19 heavy (non-hydrogen) atoms. The van der Waals surface area contributed by atoms with Gasteiger partial charge in [-0.25, -0.2) is 0 Å². The molecule has 1 saturated heterocycles. The molecule has 0 spiro atoms. The summed E-state index contributed by atoms with van der Waals surface area (Å²) < 4.78 is 1.17. The number of rotatable bonds is 3. The largest absolute Gasteiger partial charge is 0.350 e. The molecule has 1 aliphatic heterocycles. The van der Waals surface area contributed by atoms with E-state index in [1.165, 1.54) is 17.5 Å². The van der Waals surface area contributed by atoms with Crippen LogP contribution in [0.25, 0.3) is 10.1 Å². The Morgan fingerprint density at radius 1 is 1.47 bits per heavy atom. The van der Waals surface area contributed by atoms with E-state index in [0.717, 1.165) is 23.4 Å². The summed E-state index contributed by atoms with van der Waals surface area (Å²) in [5.74, 6) is 0.0569. The van der Waals surface area contributed by atoms with Crippen molar-refractivity contribution in [2.45, 2.75) is 18.9 Å². The second-order valence-electron chi connectivity index (χ2n) is 5.14. The summed E-state index contributed by atoms with van der Waals surface area (Å²) in [4.78, 5) is 15.3. The van der Waals surface area contributed by atoms with Crippen molar-refractivity contribution in [3.8, 4) is 0 Å². The Hall–Kier alpha value is -1.39. The SMILES string of the molecule is CN1CCCC1CNC(=O)c1cc2ccccc2s1. The topological polar surface area (TPSA) is 32.3 Å². The van der Waals surface area contributed by atoms with Gasteiger partial charge < -0.3 is 10.2 Å². The second kappa shape index (κ2) is 5.31. The van der Waals surface area contributed by atoms with E-state index < -0.39 is 0 Å². The van der Waals surface area contributed by atoms with Crippen LogP contribution < -0.4 is 5.32 Å².